The SMILES string of the molecule is Cc1ccc(S(=O)(=O)Nc2cc(F)ccc2N2CCN(C(=O)OC(C)(C)C)CC2)cc1. The minimum atomic E-state index is -3.88. The number of nitrogens with one attached hydrogen (secondary N) is 1. The van der Waals surface area contributed by atoms with Gasteiger partial charge in [0.05, 0.1) is 16.3 Å². The monoisotopic (exact) mass is 449 g/mol. The molecule has 0 spiro atoms. The number of carbonyl (C=O) groups is 1. The van der Waals surface area contributed by atoms with Crippen molar-refractivity contribution >= 4 is 27.5 Å². The first kappa shape index (κ1) is 22.9. The Morgan fingerprint density at radius 2 is 1.65 bits per heavy atom. The molecule has 1 heterocycles. The number of benzene rings is 2. The van der Waals surface area contributed by atoms with Crippen molar-refractivity contribution in [2.45, 2.75) is 38.2 Å². The summed E-state index contributed by atoms with van der Waals surface area (Å²) in [5.41, 5.74) is 1.08. The standard InChI is InChI=1S/C22H28FN3O4S/c1-16-5-8-18(9-6-16)31(28,29)24-19-15-17(23)7-10-20(19)25-11-13-26(14-12-25)21(27)30-22(2,3)4/h5-10,15,24H,11-14H2,1-4H3. The third-order valence-electron chi connectivity index (χ3n) is 4.81. The number of aryl methyl sites for hydroxylation is 1. The highest BCUT2D eigenvalue weighted by Crippen LogP contribution is 2.30. The number of hydrogen-bond donors (Lipinski definition) is 1. The third kappa shape index (κ3) is 5.88. The number of halogens is 1. The minimum absolute atomic E-state index is 0.100. The fourth-order valence-electron chi connectivity index (χ4n) is 3.24. The van der Waals surface area contributed by atoms with E-state index in [0.717, 1.165) is 5.56 Å². The molecule has 0 radical (unpaired) electrons. The number of hydrogen-bond acceptors (Lipinski definition) is 5. The van der Waals surface area contributed by atoms with E-state index < -0.39 is 21.4 Å². The first-order valence-corrected chi connectivity index (χ1v) is 11.5. The van der Waals surface area contributed by atoms with Crippen molar-refractivity contribution in [2.24, 2.45) is 0 Å². The summed E-state index contributed by atoms with van der Waals surface area (Å²) < 4.78 is 47.5. The molecule has 0 unspecified atom stereocenters. The summed E-state index contributed by atoms with van der Waals surface area (Å²) in [7, 11) is -3.88. The Morgan fingerprint density at radius 3 is 2.23 bits per heavy atom. The van der Waals surface area contributed by atoms with Gasteiger partial charge in [-0.05, 0) is 52.0 Å². The summed E-state index contributed by atoms with van der Waals surface area (Å²) in [6, 6.07) is 10.4. The average molecular weight is 450 g/mol. The lowest BCUT2D eigenvalue weighted by atomic mass is 10.2. The maximum Gasteiger partial charge on any atom is 0.410 e. The summed E-state index contributed by atoms with van der Waals surface area (Å²) in [4.78, 5) is 15.9. The quantitative estimate of drug-likeness (QED) is 0.764. The van der Waals surface area contributed by atoms with E-state index in [1.165, 1.54) is 24.3 Å². The van der Waals surface area contributed by atoms with Crippen molar-refractivity contribution in [2.75, 3.05) is 35.8 Å². The van der Waals surface area contributed by atoms with E-state index in [1.54, 1.807) is 23.1 Å². The minimum Gasteiger partial charge on any atom is -0.444 e. The normalized spacial score (nSPS) is 15.0. The maximum atomic E-state index is 13.9. The average Bonchev–Trinajstić information content (AvgIpc) is 2.67. The van der Waals surface area contributed by atoms with Crippen LogP contribution in [-0.2, 0) is 14.8 Å². The van der Waals surface area contributed by atoms with Crippen molar-refractivity contribution < 1.29 is 22.3 Å². The first-order chi connectivity index (χ1) is 14.4. The van der Waals surface area contributed by atoms with Gasteiger partial charge in [-0.15, -0.1) is 0 Å². The van der Waals surface area contributed by atoms with Crippen molar-refractivity contribution in [3.8, 4) is 0 Å². The van der Waals surface area contributed by atoms with Crippen LogP contribution in [0, 0.1) is 12.7 Å². The molecule has 0 atom stereocenters. The van der Waals surface area contributed by atoms with Crippen LogP contribution in [0.15, 0.2) is 47.4 Å². The topological polar surface area (TPSA) is 79.0 Å². The highest BCUT2D eigenvalue weighted by Gasteiger charge is 2.27. The molecule has 2 aromatic rings. The van der Waals surface area contributed by atoms with Gasteiger partial charge in [-0.1, -0.05) is 17.7 Å². The molecule has 1 saturated heterocycles. The van der Waals surface area contributed by atoms with Gasteiger partial charge in [0.15, 0.2) is 0 Å². The van der Waals surface area contributed by atoms with Crippen LogP contribution in [-0.4, -0.2) is 51.2 Å². The van der Waals surface area contributed by atoms with Gasteiger partial charge >= 0.3 is 6.09 Å². The number of anilines is 2. The van der Waals surface area contributed by atoms with Gasteiger partial charge in [0.1, 0.15) is 11.4 Å². The molecular formula is C22H28FN3O4S. The van der Waals surface area contributed by atoms with E-state index in [1.807, 2.05) is 32.6 Å². The molecule has 0 saturated carbocycles. The molecule has 0 aromatic heterocycles. The molecule has 0 aliphatic carbocycles. The summed E-state index contributed by atoms with van der Waals surface area (Å²) in [6.07, 6.45) is -0.383. The smallest absolute Gasteiger partial charge is 0.410 e. The van der Waals surface area contributed by atoms with E-state index in [9.17, 15) is 17.6 Å². The Morgan fingerprint density at radius 1 is 1.03 bits per heavy atom. The number of rotatable bonds is 4. The second kappa shape index (κ2) is 8.74. The Bertz CT molecular complexity index is 1040. The molecule has 31 heavy (non-hydrogen) atoms. The number of sulfonamides is 1. The van der Waals surface area contributed by atoms with Crippen LogP contribution >= 0.6 is 0 Å². The van der Waals surface area contributed by atoms with Gasteiger partial charge in [0.2, 0.25) is 0 Å². The highest BCUT2D eigenvalue weighted by atomic mass is 32.2. The van der Waals surface area contributed by atoms with Crippen molar-refractivity contribution in [3.05, 3.63) is 53.8 Å². The molecule has 168 valence electrons. The van der Waals surface area contributed by atoms with Crippen LogP contribution in [0.4, 0.5) is 20.6 Å². The predicted octanol–water partition coefficient (Wildman–Crippen LogP) is 3.99. The van der Waals surface area contributed by atoms with E-state index in [-0.39, 0.29) is 16.7 Å². The van der Waals surface area contributed by atoms with Crippen LogP contribution in [0.3, 0.4) is 0 Å². The molecular weight excluding hydrogens is 421 g/mol. The number of nitrogens with zero attached hydrogens (tertiary/aromatic N) is 2. The highest BCUT2D eigenvalue weighted by molar-refractivity contribution is 7.92. The molecule has 7 nitrogen and oxygen atoms in total. The van der Waals surface area contributed by atoms with Crippen molar-refractivity contribution in [3.63, 3.8) is 0 Å². The van der Waals surface area contributed by atoms with Gasteiger partial charge in [-0.25, -0.2) is 17.6 Å². The Hall–Kier alpha value is -2.81. The molecule has 3 rings (SSSR count). The van der Waals surface area contributed by atoms with Gasteiger partial charge in [-0.2, -0.15) is 0 Å². The van der Waals surface area contributed by atoms with E-state index >= 15 is 0 Å². The lowest BCUT2D eigenvalue weighted by Gasteiger charge is -2.37. The molecule has 1 aliphatic heterocycles. The van der Waals surface area contributed by atoms with Crippen LogP contribution in [0.5, 0.6) is 0 Å². The first-order valence-electron chi connectivity index (χ1n) is 10.1. The second-order valence-corrected chi connectivity index (χ2v) is 10.2. The second-order valence-electron chi connectivity index (χ2n) is 8.53. The van der Waals surface area contributed by atoms with Crippen LogP contribution in [0.1, 0.15) is 26.3 Å². The zero-order valence-electron chi connectivity index (χ0n) is 18.2. The van der Waals surface area contributed by atoms with E-state index in [2.05, 4.69) is 4.72 Å². The van der Waals surface area contributed by atoms with Crippen LogP contribution in [0.25, 0.3) is 0 Å². The summed E-state index contributed by atoms with van der Waals surface area (Å²) in [5.74, 6) is -0.544. The molecule has 1 aliphatic rings. The Kier molecular flexibility index (Phi) is 6.45. The zero-order chi connectivity index (χ0) is 22.8. The van der Waals surface area contributed by atoms with E-state index in [0.29, 0.717) is 31.9 Å². The Balaban J connectivity index is 1.77. The molecule has 1 N–H and O–H groups in total. The molecule has 9 heteroatoms. The fraction of sp³-hybridized carbons (Fsp3) is 0.409. The van der Waals surface area contributed by atoms with Gasteiger partial charge in [-0.3, -0.25) is 4.72 Å². The third-order valence-corrected chi connectivity index (χ3v) is 6.19. The maximum absolute atomic E-state index is 13.9. The molecule has 2 aromatic carbocycles. The number of carbonyl (C=O) groups excluding carboxylic acids is 1. The van der Waals surface area contributed by atoms with Crippen LogP contribution < -0.4 is 9.62 Å². The Labute approximate surface area is 182 Å². The summed E-state index contributed by atoms with van der Waals surface area (Å²) in [5, 5.41) is 0. The largest absolute Gasteiger partial charge is 0.444 e. The van der Waals surface area contributed by atoms with Crippen molar-refractivity contribution in [1.82, 2.24) is 4.90 Å². The molecule has 1 fully saturated rings. The fourth-order valence-corrected chi connectivity index (χ4v) is 4.31. The van der Waals surface area contributed by atoms with Crippen molar-refractivity contribution in [1.29, 1.82) is 0 Å². The zero-order valence-corrected chi connectivity index (χ0v) is 19.0. The molecule has 0 bridgehead atoms. The summed E-state index contributed by atoms with van der Waals surface area (Å²) >= 11 is 0. The summed E-state index contributed by atoms with van der Waals surface area (Å²) in [6.45, 7) is 9.05. The van der Waals surface area contributed by atoms with Crippen LogP contribution in [0.2, 0.25) is 0 Å². The van der Waals surface area contributed by atoms with Gasteiger partial charge < -0.3 is 14.5 Å². The number of piperazine rings is 1. The number of amides is 1. The lowest BCUT2D eigenvalue weighted by Crippen LogP contribution is -2.50. The lowest BCUT2D eigenvalue weighted by molar-refractivity contribution is 0.0240. The predicted molar refractivity (Wildman–Crippen MR) is 118 cm³/mol. The number of ether oxygens (including phenoxy) is 1. The van der Waals surface area contributed by atoms with Gasteiger partial charge in [0.25, 0.3) is 10.0 Å². The van der Waals surface area contributed by atoms with Gasteiger partial charge in [0, 0.05) is 32.2 Å². The van der Waals surface area contributed by atoms with E-state index in [4.69, 9.17) is 4.74 Å². The molecule has 1 amide bonds.